The van der Waals surface area contributed by atoms with E-state index in [1.165, 1.54) is 0 Å². The quantitative estimate of drug-likeness (QED) is 0.433. The fourth-order valence-corrected chi connectivity index (χ4v) is 3.72. The first kappa shape index (κ1) is 19.8. The summed E-state index contributed by atoms with van der Waals surface area (Å²) in [6, 6.07) is 0. The molecule has 0 N–H and O–H groups in total. The Hall–Kier alpha value is -1.23. The SMILES string of the molecule is C=CC(=O)OC(C)(C)C.CC(C)(C)OC(=O)C1CC2C=CC1S2. The normalized spacial score (nSPS) is 25.4. The molecule has 0 aromatic rings. The van der Waals surface area contributed by atoms with Gasteiger partial charge in [-0.25, -0.2) is 4.79 Å². The zero-order valence-electron chi connectivity index (χ0n) is 14.9. The van der Waals surface area contributed by atoms with Crippen molar-refractivity contribution in [3.8, 4) is 0 Å². The van der Waals surface area contributed by atoms with Gasteiger partial charge in [-0.3, -0.25) is 4.79 Å². The van der Waals surface area contributed by atoms with Crippen LogP contribution in [0.2, 0.25) is 0 Å². The maximum absolute atomic E-state index is 11.8. The molecule has 4 nitrogen and oxygen atoms in total. The van der Waals surface area contributed by atoms with E-state index in [0.717, 1.165) is 12.5 Å². The van der Waals surface area contributed by atoms with Gasteiger partial charge in [0.15, 0.2) is 0 Å². The van der Waals surface area contributed by atoms with E-state index >= 15 is 0 Å². The van der Waals surface area contributed by atoms with Crippen LogP contribution in [0.1, 0.15) is 48.0 Å². The number of thioether (sulfide) groups is 1. The molecule has 0 amide bonds. The monoisotopic (exact) mass is 340 g/mol. The molecule has 0 radical (unpaired) electrons. The molecule has 23 heavy (non-hydrogen) atoms. The summed E-state index contributed by atoms with van der Waals surface area (Å²) in [6.45, 7) is 14.5. The minimum atomic E-state index is -0.398. The van der Waals surface area contributed by atoms with Gasteiger partial charge in [-0.05, 0) is 48.0 Å². The molecule has 0 saturated carbocycles. The van der Waals surface area contributed by atoms with Gasteiger partial charge in [0.2, 0.25) is 0 Å². The number of hydrogen-bond donors (Lipinski definition) is 0. The Kier molecular flexibility index (Phi) is 6.51. The van der Waals surface area contributed by atoms with Crippen molar-refractivity contribution in [3.05, 3.63) is 24.8 Å². The molecule has 0 aromatic carbocycles. The van der Waals surface area contributed by atoms with E-state index < -0.39 is 5.60 Å². The lowest BCUT2D eigenvalue weighted by molar-refractivity contribution is -0.159. The van der Waals surface area contributed by atoms with E-state index in [0.29, 0.717) is 10.5 Å². The summed E-state index contributed by atoms with van der Waals surface area (Å²) >= 11 is 1.88. The highest BCUT2D eigenvalue weighted by Gasteiger charge is 2.42. The first-order valence-electron chi connectivity index (χ1n) is 7.83. The van der Waals surface area contributed by atoms with Crippen molar-refractivity contribution in [2.24, 2.45) is 5.92 Å². The molecule has 5 heteroatoms. The maximum atomic E-state index is 11.8. The summed E-state index contributed by atoms with van der Waals surface area (Å²) in [5.74, 6) is -0.307. The van der Waals surface area contributed by atoms with Gasteiger partial charge in [-0.1, -0.05) is 18.7 Å². The molecular formula is C18H28O4S. The Bertz CT molecular complexity index is 482. The van der Waals surface area contributed by atoms with Crippen LogP contribution in [0.15, 0.2) is 24.8 Å². The molecule has 1 saturated heterocycles. The lowest BCUT2D eigenvalue weighted by atomic mass is 9.94. The third-order valence-corrected chi connectivity index (χ3v) is 4.51. The van der Waals surface area contributed by atoms with Crippen LogP contribution in [0.4, 0.5) is 0 Å². The van der Waals surface area contributed by atoms with Gasteiger partial charge in [-0.15, -0.1) is 11.8 Å². The molecule has 0 aliphatic carbocycles. The fraction of sp³-hybridized carbons (Fsp3) is 0.667. The average molecular weight is 340 g/mol. The molecule has 3 atom stereocenters. The lowest BCUT2D eigenvalue weighted by Crippen LogP contribution is -2.31. The van der Waals surface area contributed by atoms with E-state index in [9.17, 15) is 9.59 Å². The number of carbonyl (C=O) groups is 2. The molecule has 0 spiro atoms. The number of fused-ring (bicyclic) bond motifs is 2. The summed E-state index contributed by atoms with van der Waals surface area (Å²) in [5.41, 5.74) is -0.751. The van der Waals surface area contributed by atoms with Gasteiger partial charge in [-0.2, -0.15) is 0 Å². The Morgan fingerprint density at radius 1 is 1.09 bits per heavy atom. The van der Waals surface area contributed by atoms with Crippen LogP contribution in [-0.4, -0.2) is 33.6 Å². The van der Waals surface area contributed by atoms with Crippen LogP contribution >= 0.6 is 11.8 Å². The van der Waals surface area contributed by atoms with Crippen LogP contribution in [0.3, 0.4) is 0 Å². The first-order valence-corrected chi connectivity index (χ1v) is 8.77. The van der Waals surface area contributed by atoms with Crippen molar-refractivity contribution in [3.63, 3.8) is 0 Å². The van der Waals surface area contributed by atoms with Crippen molar-refractivity contribution in [1.29, 1.82) is 0 Å². The van der Waals surface area contributed by atoms with E-state index in [4.69, 9.17) is 9.47 Å². The topological polar surface area (TPSA) is 52.6 Å². The fourth-order valence-electron chi connectivity index (χ4n) is 2.22. The second-order valence-corrected chi connectivity index (χ2v) is 9.06. The predicted molar refractivity (Wildman–Crippen MR) is 94.3 cm³/mol. The van der Waals surface area contributed by atoms with Crippen LogP contribution in [-0.2, 0) is 19.1 Å². The molecule has 2 aliphatic heterocycles. The van der Waals surface area contributed by atoms with Gasteiger partial charge < -0.3 is 9.47 Å². The van der Waals surface area contributed by atoms with Crippen molar-refractivity contribution >= 4 is 23.7 Å². The number of ether oxygens (including phenoxy) is 2. The largest absolute Gasteiger partial charge is 0.460 e. The second-order valence-electron chi connectivity index (χ2n) is 7.64. The highest BCUT2D eigenvalue weighted by Crippen LogP contribution is 2.45. The molecule has 0 aromatic heterocycles. The molecule has 3 unspecified atom stereocenters. The molecule has 2 heterocycles. The number of hydrogen-bond acceptors (Lipinski definition) is 5. The summed E-state index contributed by atoms with van der Waals surface area (Å²) < 4.78 is 10.2. The van der Waals surface area contributed by atoms with Gasteiger partial charge in [0.1, 0.15) is 11.2 Å². The maximum Gasteiger partial charge on any atom is 0.330 e. The van der Waals surface area contributed by atoms with Crippen molar-refractivity contribution in [1.82, 2.24) is 0 Å². The number of carbonyl (C=O) groups excluding carboxylic acids is 2. The van der Waals surface area contributed by atoms with Gasteiger partial charge in [0, 0.05) is 16.6 Å². The average Bonchev–Trinajstić information content (AvgIpc) is 2.97. The van der Waals surface area contributed by atoms with E-state index in [2.05, 4.69) is 18.7 Å². The molecule has 2 aliphatic rings. The second kappa shape index (κ2) is 7.56. The first-order chi connectivity index (χ1) is 10.4. The molecule has 1 fully saturated rings. The smallest absolute Gasteiger partial charge is 0.330 e. The van der Waals surface area contributed by atoms with Crippen molar-refractivity contribution < 1.29 is 19.1 Å². The van der Waals surface area contributed by atoms with Crippen molar-refractivity contribution in [2.45, 2.75) is 69.7 Å². The number of rotatable bonds is 2. The highest BCUT2D eigenvalue weighted by molar-refractivity contribution is 8.01. The zero-order valence-corrected chi connectivity index (χ0v) is 15.7. The van der Waals surface area contributed by atoms with E-state index in [1.807, 2.05) is 53.3 Å². The third kappa shape index (κ3) is 7.25. The Morgan fingerprint density at radius 3 is 1.96 bits per heavy atom. The Labute approximate surface area is 143 Å². The van der Waals surface area contributed by atoms with E-state index in [1.54, 1.807) is 0 Å². The van der Waals surface area contributed by atoms with E-state index in [-0.39, 0.29) is 23.5 Å². The molecule has 2 bridgehead atoms. The molecule has 2 rings (SSSR count). The minimum Gasteiger partial charge on any atom is -0.460 e. The predicted octanol–water partition coefficient (Wildman–Crippen LogP) is 3.90. The molecular weight excluding hydrogens is 312 g/mol. The van der Waals surface area contributed by atoms with Crippen LogP contribution < -0.4 is 0 Å². The summed E-state index contributed by atoms with van der Waals surface area (Å²) in [7, 11) is 0. The minimum absolute atomic E-state index is 0.0261. The molecule has 130 valence electrons. The van der Waals surface area contributed by atoms with Gasteiger partial charge in [0.25, 0.3) is 0 Å². The number of esters is 2. The lowest BCUT2D eigenvalue weighted by Gasteiger charge is -2.24. The zero-order chi connectivity index (χ0) is 17.8. The van der Waals surface area contributed by atoms with Crippen LogP contribution in [0.5, 0.6) is 0 Å². The van der Waals surface area contributed by atoms with Crippen molar-refractivity contribution in [2.75, 3.05) is 0 Å². The Morgan fingerprint density at radius 2 is 1.65 bits per heavy atom. The van der Waals surface area contributed by atoms with Crippen LogP contribution in [0.25, 0.3) is 0 Å². The summed E-state index contributed by atoms with van der Waals surface area (Å²) in [6.07, 6.45) is 6.47. The summed E-state index contributed by atoms with van der Waals surface area (Å²) in [4.78, 5) is 22.3. The Balaban J connectivity index is 0.000000257. The third-order valence-electron chi connectivity index (χ3n) is 3.01. The van der Waals surface area contributed by atoms with Gasteiger partial charge >= 0.3 is 11.9 Å². The highest BCUT2D eigenvalue weighted by atomic mass is 32.2. The summed E-state index contributed by atoms with van der Waals surface area (Å²) in [5, 5.41) is 0.923. The standard InChI is InChI=1S/C11H16O2S.C7H12O2/c1-11(2,3)13-10(12)8-6-7-4-5-9(8)14-7;1-5-6(8)9-7(2,3)4/h4-5,7-9H,6H2,1-3H3;5H,1H2,2-4H3. The van der Waals surface area contributed by atoms with Gasteiger partial charge in [0.05, 0.1) is 5.92 Å². The van der Waals surface area contributed by atoms with Crippen LogP contribution in [0, 0.1) is 5.92 Å².